The minimum absolute atomic E-state index is 0.265. The van der Waals surface area contributed by atoms with Gasteiger partial charge in [0.05, 0.1) is 18.2 Å². The largest absolute Gasteiger partial charge is 0.324 e. The quantitative estimate of drug-likeness (QED) is 0.455. The zero-order valence-electron chi connectivity index (χ0n) is 17.6. The molecule has 10 heteroatoms. The number of hydrazone groups is 1. The zero-order valence-corrected chi connectivity index (χ0v) is 20.0. The molecule has 0 amide bonds. The van der Waals surface area contributed by atoms with E-state index >= 15 is 0 Å². The number of hydrogen-bond donors (Lipinski definition) is 0. The predicted molar refractivity (Wildman–Crippen MR) is 129 cm³/mol. The van der Waals surface area contributed by atoms with Gasteiger partial charge in [-0.05, 0) is 48.4 Å². The predicted octanol–water partition coefficient (Wildman–Crippen LogP) is 4.73. The lowest BCUT2D eigenvalue weighted by atomic mass is 9.90. The summed E-state index contributed by atoms with van der Waals surface area (Å²) in [4.78, 5) is 0. The summed E-state index contributed by atoms with van der Waals surface area (Å²) >= 11 is 7.25. The van der Waals surface area contributed by atoms with E-state index < -0.39 is 10.2 Å². The van der Waals surface area contributed by atoms with Gasteiger partial charge in [0.25, 0.3) is 0 Å². The summed E-state index contributed by atoms with van der Waals surface area (Å²) in [6, 6.07) is 13.8. The van der Waals surface area contributed by atoms with Gasteiger partial charge >= 0.3 is 10.2 Å². The average Bonchev–Trinajstić information content (AvgIpc) is 3.24. The number of amidine groups is 1. The van der Waals surface area contributed by atoms with Crippen LogP contribution in [0.4, 0.5) is 4.39 Å². The van der Waals surface area contributed by atoms with Crippen molar-refractivity contribution >= 4 is 44.5 Å². The molecule has 0 aliphatic carbocycles. The van der Waals surface area contributed by atoms with Gasteiger partial charge in [0.2, 0.25) is 0 Å². The molecular formula is C22H24ClFN4O2S2. The van der Waals surface area contributed by atoms with Crippen LogP contribution in [0.1, 0.15) is 36.3 Å². The molecule has 1 fully saturated rings. The first kappa shape index (κ1) is 23.2. The number of hydrogen-bond acceptors (Lipinski definition) is 4. The van der Waals surface area contributed by atoms with Gasteiger partial charge in [0.15, 0.2) is 5.17 Å². The third kappa shape index (κ3) is 5.01. The maximum atomic E-state index is 14.7. The summed E-state index contributed by atoms with van der Waals surface area (Å²) in [5, 5.41) is 7.11. The summed E-state index contributed by atoms with van der Waals surface area (Å²) in [5.74, 6) is -0.711. The van der Waals surface area contributed by atoms with E-state index in [0.29, 0.717) is 29.4 Å². The molecule has 2 aliphatic heterocycles. The molecule has 0 saturated carbocycles. The molecule has 2 aromatic rings. The second-order valence-corrected chi connectivity index (χ2v) is 10.5. The highest BCUT2D eigenvalue weighted by Crippen LogP contribution is 2.32. The Morgan fingerprint density at radius 1 is 1.12 bits per heavy atom. The summed E-state index contributed by atoms with van der Waals surface area (Å²) < 4.78 is 46.0. The van der Waals surface area contributed by atoms with Crippen LogP contribution in [-0.4, -0.2) is 54.5 Å². The Kier molecular flexibility index (Phi) is 7.19. The molecule has 0 radical (unpaired) electrons. The molecular weight excluding hydrogens is 471 g/mol. The van der Waals surface area contributed by atoms with E-state index in [9.17, 15) is 12.8 Å². The van der Waals surface area contributed by atoms with Gasteiger partial charge in [-0.2, -0.15) is 17.8 Å². The van der Waals surface area contributed by atoms with Crippen LogP contribution in [0.25, 0.3) is 0 Å². The molecule has 1 atom stereocenters. The van der Waals surface area contributed by atoms with Gasteiger partial charge in [0, 0.05) is 18.1 Å². The number of rotatable bonds is 4. The SMILES string of the molecule is CS/C(=N\S(=O)(=O)N1CCCCC1)N1CC(c2ccccc2F)C(c2ccc(Cl)cc2)=N1. The first-order valence-electron chi connectivity index (χ1n) is 10.4. The molecule has 2 heterocycles. The molecule has 4 rings (SSSR count). The molecule has 170 valence electrons. The minimum atomic E-state index is -3.81. The number of nitrogens with zero attached hydrogens (tertiary/aromatic N) is 4. The number of piperidine rings is 1. The van der Waals surface area contributed by atoms with E-state index in [-0.39, 0.29) is 23.4 Å². The summed E-state index contributed by atoms with van der Waals surface area (Å²) in [6.45, 7) is 1.24. The Bertz CT molecular complexity index is 1130. The van der Waals surface area contributed by atoms with Crippen LogP contribution in [0.3, 0.4) is 0 Å². The van der Waals surface area contributed by atoms with Crippen LogP contribution in [-0.2, 0) is 10.2 Å². The molecule has 1 unspecified atom stereocenters. The Labute approximate surface area is 197 Å². The van der Waals surface area contributed by atoms with Gasteiger partial charge in [-0.3, -0.25) is 0 Å². The third-order valence-corrected chi connectivity index (χ3v) is 8.03. The minimum Gasteiger partial charge on any atom is -0.240 e. The molecule has 0 spiro atoms. The lowest BCUT2D eigenvalue weighted by Gasteiger charge is -2.24. The molecule has 0 N–H and O–H groups in total. The maximum Gasteiger partial charge on any atom is 0.324 e. The van der Waals surface area contributed by atoms with Crippen LogP contribution in [0, 0.1) is 5.82 Å². The highest BCUT2D eigenvalue weighted by molar-refractivity contribution is 8.13. The van der Waals surface area contributed by atoms with Crippen molar-refractivity contribution in [3.05, 3.63) is 70.5 Å². The van der Waals surface area contributed by atoms with Crippen molar-refractivity contribution < 1.29 is 12.8 Å². The molecule has 0 bridgehead atoms. The molecule has 32 heavy (non-hydrogen) atoms. The molecule has 2 aliphatic rings. The van der Waals surface area contributed by atoms with Crippen molar-refractivity contribution in [2.24, 2.45) is 9.50 Å². The van der Waals surface area contributed by atoms with Crippen LogP contribution < -0.4 is 0 Å². The number of thioether (sulfide) groups is 1. The Morgan fingerprint density at radius 3 is 2.47 bits per heavy atom. The van der Waals surface area contributed by atoms with Gasteiger partial charge in [-0.1, -0.05) is 60.1 Å². The van der Waals surface area contributed by atoms with E-state index in [1.165, 1.54) is 22.1 Å². The van der Waals surface area contributed by atoms with Gasteiger partial charge in [-0.15, -0.1) is 4.40 Å². The fraction of sp³-hybridized carbons (Fsp3) is 0.364. The van der Waals surface area contributed by atoms with E-state index in [1.807, 2.05) is 12.1 Å². The summed E-state index contributed by atoms with van der Waals surface area (Å²) in [7, 11) is -3.81. The molecule has 1 saturated heterocycles. The summed E-state index contributed by atoms with van der Waals surface area (Å²) in [6.07, 6.45) is 4.46. The van der Waals surface area contributed by atoms with E-state index in [4.69, 9.17) is 16.7 Å². The fourth-order valence-electron chi connectivity index (χ4n) is 3.95. The van der Waals surface area contributed by atoms with E-state index in [1.54, 1.807) is 41.6 Å². The van der Waals surface area contributed by atoms with E-state index in [2.05, 4.69) is 4.40 Å². The third-order valence-electron chi connectivity index (χ3n) is 5.57. The Balaban J connectivity index is 1.71. The topological polar surface area (TPSA) is 65.3 Å². The smallest absolute Gasteiger partial charge is 0.240 e. The van der Waals surface area contributed by atoms with Crippen molar-refractivity contribution in [2.45, 2.75) is 25.2 Å². The van der Waals surface area contributed by atoms with Crippen molar-refractivity contribution in [1.82, 2.24) is 9.31 Å². The highest BCUT2D eigenvalue weighted by atomic mass is 35.5. The molecule has 6 nitrogen and oxygen atoms in total. The fourth-order valence-corrected chi connectivity index (χ4v) is 6.11. The lowest BCUT2D eigenvalue weighted by Crippen LogP contribution is -2.36. The van der Waals surface area contributed by atoms with Crippen molar-refractivity contribution in [3.8, 4) is 0 Å². The first-order chi connectivity index (χ1) is 15.4. The van der Waals surface area contributed by atoms with Gasteiger partial charge in [-0.25, -0.2) is 9.40 Å². The van der Waals surface area contributed by atoms with Crippen molar-refractivity contribution in [1.29, 1.82) is 0 Å². The van der Waals surface area contributed by atoms with Crippen LogP contribution in [0.15, 0.2) is 58.0 Å². The lowest BCUT2D eigenvalue weighted by molar-refractivity contribution is 0.347. The number of halogens is 2. The normalized spacial score (nSPS) is 20.5. The maximum absolute atomic E-state index is 14.7. The van der Waals surface area contributed by atoms with Crippen LogP contribution >= 0.6 is 23.4 Å². The highest BCUT2D eigenvalue weighted by Gasteiger charge is 2.34. The Morgan fingerprint density at radius 2 is 1.81 bits per heavy atom. The van der Waals surface area contributed by atoms with Gasteiger partial charge in [0.1, 0.15) is 5.82 Å². The second kappa shape index (κ2) is 9.91. The second-order valence-electron chi connectivity index (χ2n) is 7.66. The van der Waals surface area contributed by atoms with Crippen LogP contribution in [0.2, 0.25) is 5.02 Å². The average molecular weight is 495 g/mol. The van der Waals surface area contributed by atoms with Gasteiger partial charge < -0.3 is 0 Å². The number of benzene rings is 2. The van der Waals surface area contributed by atoms with Crippen LogP contribution in [0.5, 0.6) is 0 Å². The van der Waals surface area contributed by atoms with Crippen molar-refractivity contribution in [3.63, 3.8) is 0 Å². The first-order valence-corrected chi connectivity index (χ1v) is 13.4. The zero-order chi connectivity index (χ0) is 22.7. The van der Waals surface area contributed by atoms with Crippen molar-refractivity contribution in [2.75, 3.05) is 25.9 Å². The monoisotopic (exact) mass is 494 g/mol. The molecule has 0 aromatic heterocycles. The molecule has 2 aromatic carbocycles. The van der Waals surface area contributed by atoms with E-state index in [0.717, 1.165) is 24.8 Å². The standard InChI is InChI=1S/C22H24ClFN4O2S2/c1-31-22(26-32(29,30)27-13-5-2-6-14-27)28-15-19(18-7-3-4-8-20(18)24)21(25-28)16-9-11-17(23)12-10-16/h3-4,7-12,19H,2,5-6,13-15H2,1H3/b26-22-. The summed E-state index contributed by atoms with van der Waals surface area (Å²) in [5.41, 5.74) is 1.94. The Hall–Kier alpha value is -1.94.